The Bertz CT molecular complexity index is 850. The number of likely N-dealkylation sites (tertiary alicyclic amines) is 1. The van der Waals surface area contributed by atoms with Crippen LogP contribution < -0.4 is 9.46 Å². The Kier molecular flexibility index (Phi) is 7.90. The van der Waals surface area contributed by atoms with Gasteiger partial charge >= 0.3 is 10.2 Å². The highest BCUT2D eigenvalue weighted by atomic mass is 35.5. The summed E-state index contributed by atoms with van der Waals surface area (Å²) in [5.74, 6) is -0.115. The van der Waals surface area contributed by atoms with Crippen molar-refractivity contribution in [1.29, 1.82) is 0 Å². The molecule has 0 bridgehead atoms. The molecule has 0 aromatic heterocycles. The minimum absolute atomic E-state index is 0.130. The molecule has 2 heterocycles. The lowest BCUT2D eigenvalue weighted by Gasteiger charge is -2.41. The minimum atomic E-state index is -3.76. The van der Waals surface area contributed by atoms with Gasteiger partial charge in [-0.05, 0) is 37.8 Å². The van der Waals surface area contributed by atoms with Gasteiger partial charge in [-0.15, -0.1) is 0 Å². The van der Waals surface area contributed by atoms with Crippen LogP contribution in [0.5, 0.6) is 5.75 Å². The van der Waals surface area contributed by atoms with Crippen LogP contribution in [0.15, 0.2) is 18.2 Å². The third-order valence-electron chi connectivity index (χ3n) is 5.70. The van der Waals surface area contributed by atoms with Crippen LogP contribution in [-0.4, -0.2) is 61.9 Å². The molecular formula is C20H29Cl2N3O4S. The van der Waals surface area contributed by atoms with Gasteiger partial charge in [0.15, 0.2) is 0 Å². The van der Waals surface area contributed by atoms with E-state index in [2.05, 4.69) is 9.62 Å². The molecule has 3 rings (SSSR count). The highest BCUT2D eigenvalue weighted by molar-refractivity contribution is 7.87. The van der Waals surface area contributed by atoms with E-state index >= 15 is 0 Å². The molecule has 2 aliphatic heterocycles. The van der Waals surface area contributed by atoms with Crippen molar-refractivity contribution in [2.45, 2.75) is 51.7 Å². The number of rotatable bonds is 6. The van der Waals surface area contributed by atoms with Crippen molar-refractivity contribution in [3.63, 3.8) is 0 Å². The van der Waals surface area contributed by atoms with Gasteiger partial charge in [0.05, 0.1) is 10.0 Å². The molecule has 1 aromatic carbocycles. The number of amides is 1. The van der Waals surface area contributed by atoms with E-state index in [9.17, 15) is 13.2 Å². The molecule has 0 radical (unpaired) electrons. The average molecular weight is 478 g/mol. The summed E-state index contributed by atoms with van der Waals surface area (Å²) < 4.78 is 34.4. The summed E-state index contributed by atoms with van der Waals surface area (Å²) in [7, 11) is -3.76. The van der Waals surface area contributed by atoms with Crippen LogP contribution in [0, 0.1) is 5.92 Å². The molecule has 0 aliphatic carbocycles. The Morgan fingerprint density at radius 2 is 1.70 bits per heavy atom. The molecule has 1 N–H and O–H groups in total. The lowest BCUT2D eigenvalue weighted by Crippen LogP contribution is -2.52. The minimum Gasteiger partial charge on any atom is -0.490 e. The summed E-state index contributed by atoms with van der Waals surface area (Å²) in [6.45, 7) is 6.01. The zero-order chi connectivity index (χ0) is 21.9. The molecule has 2 saturated heterocycles. The van der Waals surface area contributed by atoms with Crippen molar-refractivity contribution in [2.24, 2.45) is 5.92 Å². The summed E-state index contributed by atoms with van der Waals surface area (Å²) in [4.78, 5) is 14.2. The largest absolute Gasteiger partial charge is 0.490 e. The molecule has 7 nitrogen and oxygen atoms in total. The van der Waals surface area contributed by atoms with Crippen molar-refractivity contribution in [3.05, 3.63) is 28.2 Å². The maximum atomic E-state index is 12.4. The van der Waals surface area contributed by atoms with Gasteiger partial charge in [-0.1, -0.05) is 37.0 Å². The number of hydrogen-bond acceptors (Lipinski definition) is 5. The SMILES string of the molecule is CC(C)C(=O)NS(=O)(=O)N1CCC(N2CCC(Oc3ccc(Cl)c(Cl)c3)CC2)CC1. The molecule has 168 valence electrons. The number of hydrogen-bond donors (Lipinski definition) is 1. The number of halogens is 2. The normalized spacial score (nSPS) is 20.4. The molecule has 1 amide bonds. The summed E-state index contributed by atoms with van der Waals surface area (Å²) in [6, 6.07) is 5.65. The summed E-state index contributed by atoms with van der Waals surface area (Å²) >= 11 is 12.0. The molecule has 1 aromatic rings. The second-order valence-corrected chi connectivity index (χ2v) is 10.7. The van der Waals surface area contributed by atoms with Crippen molar-refractivity contribution < 1.29 is 17.9 Å². The lowest BCUT2D eigenvalue weighted by atomic mass is 10.00. The van der Waals surface area contributed by atoms with Crippen LogP contribution in [0.3, 0.4) is 0 Å². The first-order chi connectivity index (χ1) is 14.2. The maximum Gasteiger partial charge on any atom is 0.303 e. The van der Waals surface area contributed by atoms with Gasteiger partial charge in [-0.25, -0.2) is 4.72 Å². The van der Waals surface area contributed by atoms with Crippen molar-refractivity contribution in [1.82, 2.24) is 13.9 Å². The second kappa shape index (κ2) is 10.0. The number of nitrogens with zero attached hydrogens (tertiary/aromatic N) is 2. The molecule has 10 heteroatoms. The summed E-state index contributed by atoms with van der Waals surface area (Å²) in [5.41, 5.74) is 0. The zero-order valence-corrected chi connectivity index (χ0v) is 19.6. The van der Waals surface area contributed by atoms with Crippen LogP contribution in [0.25, 0.3) is 0 Å². The number of ether oxygens (including phenoxy) is 1. The predicted molar refractivity (Wildman–Crippen MR) is 118 cm³/mol. The number of carbonyl (C=O) groups excluding carboxylic acids is 1. The van der Waals surface area contributed by atoms with Crippen molar-refractivity contribution in [2.75, 3.05) is 26.2 Å². The fourth-order valence-electron chi connectivity index (χ4n) is 3.86. The standard InChI is InChI=1S/C20H29Cl2N3O4S/c1-14(2)20(26)23-30(27,28)25-11-5-15(6-12-25)24-9-7-16(8-10-24)29-17-3-4-18(21)19(22)13-17/h3-4,13-16H,5-12H2,1-2H3,(H,23,26). The second-order valence-electron chi connectivity index (χ2n) is 8.19. The molecule has 0 unspecified atom stereocenters. The maximum absolute atomic E-state index is 12.4. The first kappa shape index (κ1) is 23.6. The quantitative estimate of drug-likeness (QED) is 0.679. The van der Waals surface area contributed by atoms with Crippen LogP contribution in [-0.2, 0) is 15.0 Å². The van der Waals surface area contributed by atoms with Gasteiger partial charge in [0.2, 0.25) is 5.91 Å². The molecule has 2 fully saturated rings. The molecule has 2 aliphatic rings. The van der Waals surface area contributed by atoms with E-state index < -0.39 is 16.1 Å². The van der Waals surface area contributed by atoms with E-state index in [0.29, 0.717) is 29.2 Å². The van der Waals surface area contributed by atoms with E-state index in [4.69, 9.17) is 27.9 Å². The Labute approximate surface area is 188 Å². The van der Waals surface area contributed by atoms with Gasteiger partial charge in [0, 0.05) is 44.2 Å². The Hall–Kier alpha value is -1.06. The van der Waals surface area contributed by atoms with Crippen LogP contribution in [0.1, 0.15) is 39.5 Å². The summed E-state index contributed by atoms with van der Waals surface area (Å²) in [5, 5.41) is 0.994. The Morgan fingerprint density at radius 1 is 1.07 bits per heavy atom. The lowest BCUT2D eigenvalue weighted by molar-refractivity contribution is -0.122. The van der Waals surface area contributed by atoms with E-state index in [0.717, 1.165) is 44.5 Å². The van der Waals surface area contributed by atoms with Gasteiger partial charge in [0.1, 0.15) is 11.9 Å². The molecule has 0 atom stereocenters. The Morgan fingerprint density at radius 3 is 2.27 bits per heavy atom. The number of nitrogens with one attached hydrogen (secondary N) is 1. The number of piperidine rings is 2. The van der Waals surface area contributed by atoms with Crippen LogP contribution in [0.2, 0.25) is 10.0 Å². The van der Waals surface area contributed by atoms with Crippen molar-refractivity contribution >= 4 is 39.3 Å². The molecular weight excluding hydrogens is 449 g/mol. The zero-order valence-electron chi connectivity index (χ0n) is 17.3. The monoisotopic (exact) mass is 477 g/mol. The highest BCUT2D eigenvalue weighted by Gasteiger charge is 2.33. The molecule has 0 spiro atoms. The van der Waals surface area contributed by atoms with Gasteiger partial charge in [-0.3, -0.25) is 4.79 Å². The Balaban J connectivity index is 1.45. The van der Waals surface area contributed by atoms with E-state index in [1.165, 1.54) is 4.31 Å². The van der Waals surface area contributed by atoms with Crippen LogP contribution >= 0.6 is 23.2 Å². The smallest absolute Gasteiger partial charge is 0.303 e. The topological polar surface area (TPSA) is 79.0 Å². The number of benzene rings is 1. The highest BCUT2D eigenvalue weighted by Crippen LogP contribution is 2.29. The van der Waals surface area contributed by atoms with Gasteiger partial charge in [-0.2, -0.15) is 12.7 Å². The predicted octanol–water partition coefficient (Wildman–Crippen LogP) is 3.32. The van der Waals surface area contributed by atoms with Gasteiger partial charge in [0.25, 0.3) is 0 Å². The van der Waals surface area contributed by atoms with Crippen LogP contribution in [0.4, 0.5) is 0 Å². The molecule has 30 heavy (non-hydrogen) atoms. The fourth-order valence-corrected chi connectivity index (χ4v) is 5.46. The molecule has 0 saturated carbocycles. The van der Waals surface area contributed by atoms with Gasteiger partial charge < -0.3 is 9.64 Å². The number of carbonyl (C=O) groups is 1. The summed E-state index contributed by atoms with van der Waals surface area (Å²) in [6.07, 6.45) is 3.46. The third kappa shape index (κ3) is 6.01. The van der Waals surface area contributed by atoms with Crippen molar-refractivity contribution in [3.8, 4) is 5.75 Å². The first-order valence-corrected chi connectivity index (χ1v) is 12.5. The van der Waals surface area contributed by atoms with E-state index in [1.807, 2.05) is 6.07 Å². The fraction of sp³-hybridized carbons (Fsp3) is 0.650. The van der Waals surface area contributed by atoms with E-state index in [-0.39, 0.29) is 12.0 Å². The first-order valence-electron chi connectivity index (χ1n) is 10.3. The van der Waals surface area contributed by atoms with E-state index in [1.54, 1.807) is 26.0 Å². The average Bonchev–Trinajstić information content (AvgIpc) is 2.71. The third-order valence-corrected chi connectivity index (χ3v) is 7.95.